The Bertz CT molecular complexity index is 385. The zero-order valence-electron chi connectivity index (χ0n) is 12.0. The van der Waals surface area contributed by atoms with E-state index in [1.165, 1.54) is 42.6 Å². The van der Waals surface area contributed by atoms with Crippen molar-refractivity contribution in [3.63, 3.8) is 0 Å². The van der Waals surface area contributed by atoms with Crippen LogP contribution in [-0.4, -0.2) is 30.6 Å². The molecule has 0 bridgehead atoms. The first-order valence-electron chi connectivity index (χ1n) is 7.21. The molecule has 1 heterocycles. The number of likely N-dealkylation sites (N-methyl/N-ethyl adjacent to an activating group) is 1. The molecule has 2 heteroatoms. The Balaban J connectivity index is 1.93. The predicted octanol–water partition coefficient (Wildman–Crippen LogP) is 2.88. The van der Waals surface area contributed by atoms with Crippen molar-refractivity contribution in [1.82, 2.24) is 10.2 Å². The van der Waals surface area contributed by atoms with Gasteiger partial charge in [-0.15, -0.1) is 0 Å². The first kappa shape index (κ1) is 13.6. The van der Waals surface area contributed by atoms with Crippen LogP contribution < -0.4 is 5.32 Å². The van der Waals surface area contributed by atoms with Crippen molar-refractivity contribution in [3.05, 3.63) is 34.9 Å². The average Bonchev–Trinajstić information content (AvgIpc) is 2.35. The normalized spacial score (nSPS) is 21.2. The molecule has 0 spiro atoms. The van der Waals surface area contributed by atoms with Gasteiger partial charge in [0.25, 0.3) is 0 Å². The maximum Gasteiger partial charge on any atom is 0.0234 e. The van der Waals surface area contributed by atoms with E-state index < -0.39 is 0 Å². The summed E-state index contributed by atoms with van der Waals surface area (Å²) in [4.78, 5) is 2.58. The molecule has 0 saturated carbocycles. The largest absolute Gasteiger partial charge is 0.313 e. The number of likely N-dealkylation sites (tertiary alicyclic amines) is 1. The van der Waals surface area contributed by atoms with Gasteiger partial charge in [-0.25, -0.2) is 0 Å². The summed E-state index contributed by atoms with van der Waals surface area (Å²) in [6, 6.07) is 7.55. The Morgan fingerprint density at radius 1 is 1.28 bits per heavy atom. The number of hydrogen-bond acceptors (Lipinski definition) is 2. The van der Waals surface area contributed by atoms with Crippen molar-refractivity contribution in [2.24, 2.45) is 0 Å². The fourth-order valence-electron chi connectivity index (χ4n) is 2.81. The number of rotatable bonds is 4. The van der Waals surface area contributed by atoms with Gasteiger partial charge in [-0.3, -0.25) is 4.90 Å². The minimum atomic E-state index is 0.690. The molecular weight excluding hydrogens is 220 g/mol. The molecule has 100 valence electrons. The van der Waals surface area contributed by atoms with Gasteiger partial charge in [-0.2, -0.15) is 0 Å². The molecule has 18 heavy (non-hydrogen) atoms. The molecule has 1 aromatic carbocycles. The summed E-state index contributed by atoms with van der Waals surface area (Å²) in [7, 11) is 0. The summed E-state index contributed by atoms with van der Waals surface area (Å²) < 4.78 is 0. The standard InChI is InChI=1S/C16H26N2/c1-4-17-16-6-5-9-18(12-16)11-15-8-7-13(2)14(3)10-15/h7-8,10,16-17H,4-6,9,11-12H2,1-3H3. The van der Waals surface area contributed by atoms with Gasteiger partial charge >= 0.3 is 0 Å². The fraction of sp³-hybridized carbons (Fsp3) is 0.625. The third kappa shape index (κ3) is 3.56. The molecule has 1 aliphatic rings. The topological polar surface area (TPSA) is 15.3 Å². The zero-order chi connectivity index (χ0) is 13.0. The number of benzene rings is 1. The van der Waals surface area contributed by atoms with E-state index in [0.717, 1.165) is 13.1 Å². The maximum atomic E-state index is 3.58. The van der Waals surface area contributed by atoms with Crippen LogP contribution in [-0.2, 0) is 6.54 Å². The highest BCUT2D eigenvalue weighted by Gasteiger charge is 2.18. The highest BCUT2D eigenvalue weighted by atomic mass is 15.2. The molecule has 1 aromatic rings. The number of nitrogens with zero attached hydrogens (tertiary/aromatic N) is 1. The molecule has 1 atom stereocenters. The Labute approximate surface area is 111 Å². The summed E-state index contributed by atoms with van der Waals surface area (Å²) in [6.45, 7) is 11.2. The highest BCUT2D eigenvalue weighted by Crippen LogP contribution is 2.16. The molecule has 0 amide bonds. The lowest BCUT2D eigenvalue weighted by Crippen LogP contribution is -2.45. The summed E-state index contributed by atoms with van der Waals surface area (Å²) in [6.07, 6.45) is 2.65. The van der Waals surface area contributed by atoms with Crippen LogP contribution in [0.5, 0.6) is 0 Å². The van der Waals surface area contributed by atoms with Gasteiger partial charge in [-0.1, -0.05) is 25.1 Å². The van der Waals surface area contributed by atoms with Crippen LogP contribution in [0.2, 0.25) is 0 Å². The number of aryl methyl sites for hydroxylation is 2. The van der Waals surface area contributed by atoms with Crippen LogP contribution in [0.1, 0.15) is 36.5 Å². The number of piperidine rings is 1. The van der Waals surface area contributed by atoms with Gasteiger partial charge in [0.1, 0.15) is 0 Å². The minimum absolute atomic E-state index is 0.690. The third-order valence-corrected chi connectivity index (χ3v) is 3.98. The summed E-state index contributed by atoms with van der Waals surface area (Å²) in [5.41, 5.74) is 4.26. The smallest absolute Gasteiger partial charge is 0.0234 e. The first-order chi connectivity index (χ1) is 8.69. The Morgan fingerprint density at radius 2 is 2.11 bits per heavy atom. The zero-order valence-corrected chi connectivity index (χ0v) is 12.0. The lowest BCUT2D eigenvalue weighted by Gasteiger charge is -2.33. The average molecular weight is 246 g/mol. The molecule has 2 rings (SSSR count). The quantitative estimate of drug-likeness (QED) is 0.879. The molecular formula is C16H26N2. The Kier molecular flexibility index (Phi) is 4.79. The van der Waals surface area contributed by atoms with E-state index in [9.17, 15) is 0 Å². The van der Waals surface area contributed by atoms with Crippen molar-refractivity contribution in [2.75, 3.05) is 19.6 Å². The first-order valence-corrected chi connectivity index (χ1v) is 7.21. The van der Waals surface area contributed by atoms with Gasteiger partial charge in [0, 0.05) is 19.1 Å². The van der Waals surface area contributed by atoms with Gasteiger partial charge in [-0.05, 0) is 56.5 Å². The molecule has 0 aliphatic carbocycles. The number of hydrogen-bond donors (Lipinski definition) is 1. The summed E-state index contributed by atoms with van der Waals surface area (Å²) in [5, 5.41) is 3.58. The van der Waals surface area contributed by atoms with Gasteiger partial charge in [0.05, 0.1) is 0 Å². The molecule has 1 N–H and O–H groups in total. The van der Waals surface area contributed by atoms with Crippen molar-refractivity contribution in [2.45, 2.75) is 46.2 Å². The Morgan fingerprint density at radius 3 is 2.83 bits per heavy atom. The highest BCUT2D eigenvalue weighted by molar-refractivity contribution is 5.29. The predicted molar refractivity (Wildman–Crippen MR) is 77.9 cm³/mol. The second-order valence-corrected chi connectivity index (χ2v) is 5.55. The summed E-state index contributed by atoms with van der Waals surface area (Å²) >= 11 is 0. The van der Waals surface area contributed by atoms with E-state index >= 15 is 0 Å². The van der Waals surface area contributed by atoms with Gasteiger partial charge in [0.15, 0.2) is 0 Å². The van der Waals surface area contributed by atoms with Gasteiger partial charge in [0.2, 0.25) is 0 Å². The van der Waals surface area contributed by atoms with E-state index in [0.29, 0.717) is 6.04 Å². The van der Waals surface area contributed by atoms with Crippen LogP contribution in [0.15, 0.2) is 18.2 Å². The lowest BCUT2D eigenvalue weighted by atomic mass is 10.0. The molecule has 0 radical (unpaired) electrons. The minimum Gasteiger partial charge on any atom is -0.313 e. The van der Waals surface area contributed by atoms with E-state index in [1.807, 2.05) is 0 Å². The maximum absolute atomic E-state index is 3.58. The van der Waals surface area contributed by atoms with Crippen molar-refractivity contribution in [1.29, 1.82) is 0 Å². The molecule has 2 nitrogen and oxygen atoms in total. The molecule has 1 fully saturated rings. The lowest BCUT2D eigenvalue weighted by molar-refractivity contribution is 0.184. The molecule has 1 saturated heterocycles. The molecule has 1 unspecified atom stereocenters. The van der Waals surface area contributed by atoms with E-state index in [2.05, 4.69) is 49.2 Å². The van der Waals surface area contributed by atoms with E-state index in [1.54, 1.807) is 0 Å². The number of nitrogens with one attached hydrogen (secondary N) is 1. The monoisotopic (exact) mass is 246 g/mol. The van der Waals surface area contributed by atoms with Crippen LogP contribution in [0.4, 0.5) is 0 Å². The van der Waals surface area contributed by atoms with Crippen molar-refractivity contribution < 1.29 is 0 Å². The van der Waals surface area contributed by atoms with E-state index in [-0.39, 0.29) is 0 Å². The SMILES string of the molecule is CCNC1CCCN(Cc2ccc(C)c(C)c2)C1. The third-order valence-electron chi connectivity index (χ3n) is 3.98. The van der Waals surface area contributed by atoms with Crippen LogP contribution in [0.25, 0.3) is 0 Å². The molecule has 1 aliphatic heterocycles. The van der Waals surface area contributed by atoms with E-state index in [4.69, 9.17) is 0 Å². The second kappa shape index (κ2) is 6.35. The second-order valence-electron chi connectivity index (χ2n) is 5.55. The van der Waals surface area contributed by atoms with Gasteiger partial charge < -0.3 is 5.32 Å². The Hall–Kier alpha value is -0.860. The van der Waals surface area contributed by atoms with Crippen molar-refractivity contribution >= 4 is 0 Å². The molecule has 0 aromatic heterocycles. The van der Waals surface area contributed by atoms with Crippen LogP contribution in [0.3, 0.4) is 0 Å². The van der Waals surface area contributed by atoms with Crippen molar-refractivity contribution in [3.8, 4) is 0 Å². The fourth-order valence-corrected chi connectivity index (χ4v) is 2.81. The van der Waals surface area contributed by atoms with Crippen LogP contribution in [0, 0.1) is 13.8 Å². The van der Waals surface area contributed by atoms with Crippen LogP contribution >= 0.6 is 0 Å². The summed E-state index contributed by atoms with van der Waals surface area (Å²) in [5.74, 6) is 0.